The third-order valence-electron chi connectivity index (χ3n) is 4.17. The van der Waals surface area contributed by atoms with Crippen LogP contribution in [0.4, 0.5) is 10.1 Å². The highest BCUT2D eigenvalue weighted by Crippen LogP contribution is 2.27. The minimum absolute atomic E-state index is 0.0817. The zero-order valence-corrected chi connectivity index (χ0v) is 13.0. The summed E-state index contributed by atoms with van der Waals surface area (Å²) < 4.78 is 14.4. The first-order valence-electron chi connectivity index (χ1n) is 7.89. The minimum Gasteiger partial charge on any atom is -0.369 e. The lowest BCUT2D eigenvalue weighted by atomic mass is 9.99. The lowest BCUT2D eigenvalue weighted by Crippen LogP contribution is -2.34. The summed E-state index contributed by atoms with van der Waals surface area (Å²) in [7, 11) is 0. The highest BCUT2D eigenvalue weighted by Gasteiger charge is 2.19. The Morgan fingerprint density at radius 2 is 2.25 bits per heavy atom. The maximum Gasteiger partial charge on any atom is 0.146 e. The molecule has 0 bridgehead atoms. The zero-order valence-electron chi connectivity index (χ0n) is 13.0. The van der Waals surface area contributed by atoms with Crippen molar-refractivity contribution in [3.8, 4) is 0 Å². The SMILES string of the molecule is CCCN[C@H](C)c1ccc(N2CCC[C@@H](C)C2)c(F)c1. The van der Waals surface area contributed by atoms with Crippen LogP contribution in [0, 0.1) is 11.7 Å². The highest BCUT2D eigenvalue weighted by atomic mass is 19.1. The van der Waals surface area contributed by atoms with Crippen molar-refractivity contribution in [3.63, 3.8) is 0 Å². The van der Waals surface area contributed by atoms with Crippen molar-refractivity contribution >= 4 is 5.69 Å². The van der Waals surface area contributed by atoms with Crippen LogP contribution >= 0.6 is 0 Å². The molecule has 1 aromatic rings. The van der Waals surface area contributed by atoms with Crippen molar-refractivity contribution in [1.82, 2.24) is 5.32 Å². The van der Waals surface area contributed by atoms with Crippen LogP contribution < -0.4 is 10.2 Å². The molecule has 0 aliphatic carbocycles. The van der Waals surface area contributed by atoms with Crippen LogP contribution in [-0.2, 0) is 0 Å². The van der Waals surface area contributed by atoms with E-state index < -0.39 is 0 Å². The Hall–Kier alpha value is -1.09. The van der Waals surface area contributed by atoms with Crippen molar-refractivity contribution in [3.05, 3.63) is 29.6 Å². The van der Waals surface area contributed by atoms with Crippen LogP contribution in [0.25, 0.3) is 0 Å². The van der Waals surface area contributed by atoms with Gasteiger partial charge in [0.05, 0.1) is 5.69 Å². The van der Waals surface area contributed by atoms with Gasteiger partial charge in [-0.15, -0.1) is 0 Å². The van der Waals surface area contributed by atoms with Gasteiger partial charge in [0.1, 0.15) is 5.82 Å². The quantitative estimate of drug-likeness (QED) is 0.871. The fraction of sp³-hybridized carbons (Fsp3) is 0.647. The molecule has 1 N–H and O–H groups in total. The number of benzene rings is 1. The van der Waals surface area contributed by atoms with Crippen LogP contribution in [0.2, 0.25) is 0 Å². The molecule has 0 radical (unpaired) electrons. The van der Waals surface area contributed by atoms with Crippen LogP contribution in [0.1, 0.15) is 51.6 Å². The first-order valence-corrected chi connectivity index (χ1v) is 7.89. The van der Waals surface area contributed by atoms with Gasteiger partial charge in [-0.25, -0.2) is 4.39 Å². The van der Waals surface area contributed by atoms with Gasteiger partial charge < -0.3 is 10.2 Å². The molecule has 0 spiro atoms. The first kappa shape index (κ1) is 15.3. The summed E-state index contributed by atoms with van der Waals surface area (Å²) in [6.45, 7) is 9.39. The topological polar surface area (TPSA) is 15.3 Å². The van der Waals surface area contributed by atoms with E-state index in [0.29, 0.717) is 5.92 Å². The molecule has 1 aliphatic heterocycles. The van der Waals surface area contributed by atoms with Crippen molar-refractivity contribution in [2.45, 2.75) is 46.1 Å². The Morgan fingerprint density at radius 3 is 2.90 bits per heavy atom. The van der Waals surface area contributed by atoms with Crippen molar-refractivity contribution < 1.29 is 4.39 Å². The van der Waals surface area contributed by atoms with Gasteiger partial charge in [0.25, 0.3) is 0 Å². The number of hydrogen-bond donors (Lipinski definition) is 1. The molecule has 1 saturated heterocycles. The number of anilines is 1. The Morgan fingerprint density at radius 1 is 1.45 bits per heavy atom. The molecule has 0 saturated carbocycles. The summed E-state index contributed by atoms with van der Waals surface area (Å²) in [6, 6.07) is 5.92. The van der Waals surface area contributed by atoms with Gasteiger partial charge in [0.2, 0.25) is 0 Å². The molecule has 1 fully saturated rings. The molecule has 0 amide bonds. The number of halogens is 1. The van der Waals surface area contributed by atoms with E-state index in [1.165, 1.54) is 6.42 Å². The fourth-order valence-electron chi connectivity index (χ4n) is 2.94. The van der Waals surface area contributed by atoms with Gasteiger partial charge >= 0.3 is 0 Å². The van der Waals surface area contributed by atoms with Gasteiger partial charge in [-0.05, 0) is 56.3 Å². The van der Waals surface area contributed by atoms with E-state index in [9.17, 15) is 4.39 Å². The van der Waals surface area contributed by atoms with Crippen LogP contribution in [0.3, 0.4) is 0 Å². The van der Waals surface area contributed by atoms with Crippen molar-refractivity contribution in [2.75, 3.05) is 24.5 Å². The monoisotopic (exact) mass is 278 g/mol. The number of hydrogen-bond acceptors (Lipinski definition) is 2. The standard InChI is InChI=1S/C17H27FN2/c1-4-9-19-14(3)15-7-8-17(16(18)11-15)20-10-5-6-13(2)12-20/h7-8,11,13-14,19H,4-6,9-10,12H2,1-3H3/t13-,14-/m1/s1. The fourth-order valence-corrected chi connectivity index (χ4v) is 2.94. The van der Waals surface area contributed by atoms with Gasteiger partial charge in [0.15, 0.2) is 0 Å². The molecule has 2 rings (SSSR count). The van der Waals surface area contributed by atoms with Crippen LogP contribution in [0.15, 0.2) is 18.2 Å². The summed E-state index contributed by atoms with van der Waals surface area (Å²) in [5.74, 6) is 0.578. The number of rotatable bonds is 5. The van der Waals surface area contributed by atoms with E-state index in [1.54, 1.807) is 6.07 Å². The molecule has 20 heavy (non-hydrogen) atoms. The molecule has 3 heteroatoms. The third-order valence-corrected chi connectivity index (χ3v) is 4.17. The predicted octanol–water partition coefficient (Wildman–Crippen LogP) is 4.12. The largest absolute Gasteiger partial charge is 0.369 e. The highest BCUT2D eigenvalue weighted by molar-refractivity contribution is 5.50. The van der Waals surface area contributed by atoms with E-state index in [4.69, 9.17) is 0 Å². The summed E-state index contributed by atoms with van der Waals surface area (Å²) in [4.78, 5) is 2.19. The summed E-state index contributed by atoms with van der Waals surface area (Å²) in [5, 5.41) is 3.40. The molecule has 2 atom stereocenters. The molecule has 2 nitrogen and oxygen atoms in total. The Bertz CT molecular complexity index is 433. The van der Waals surface area contributed by atoms with Crippen LogP contribution in [-0.4, -0.2) is 19.6 Å². The van der Waals surface area contributed by atoms with Gasteiger partial charge in [-0.1, -0.05) is 19.9 Å². The maximum atomic E-state index is 14.4. The average Bonchev–Trinajstić information content (AvgIpc) is 2.44. The number of nitrogens with zero attached hydrogens (tertiary/aromatic N) is 1. The Balaban J connectivity index is 2.09. The molecular weight excluding hydrogens is 251 g/mol. The molecular formula is C17H27FN2. The second kappa shape index (κ2) is 7.07. The van der Waals surface area contributed by atoms with Crippen LogP contribution in [0.5, 0.6) is 0 Å². The minimum atomic E-state index is -0.0817. The van der Waals surface area contributed by atoms with E-state index in [0.717, 1.165) is 43.7 Å². The van der Waals surface area contributed by atoms with Crippen molar-refractivity contribution in [1.29, 1.82) is 0 Å². The molecule has 0 aromatic heterocycles. The van der Waals surface area contributed by atoms with Gasteiger partial charge in [0, 0.05) is 19.1 Å². The Kier molecular flexibility index (Phi) is 5.41. The maximum absolute atomic E-state index is 14.4. The number of nitrogens with one attached hydrogen (secondary N) is 1. The van der Waals surface area contributed by atoms with E-state index >= 15 is 0 Å². The summed E-state index contributed by atoms with van der Waals surface area (Å²) >= 11 is 0. The summed E-state index contributed by atoms with van der Waals surface area (Å²) in [6.07, 6.45) is 3.52. The average molecular weight is 278 g/mol. The zero-order chi connectivity index (χ0) is 14.5. The second-order valence-corrected chi connectivity index (χ2v) is 6.08. The van der Waals surface area contributed by atoms with E-state index in [2.05, 4.69) is 37.1 Å². The van der Waals surface area contributed by atoms with E-state index in [-0.39, 0.29) is 11.9 Å². The smallest absolute Gasteiger partial charge is 0.146 e. The van der Waals surface area contributed by atoms with Gasteiger partial charge in [-0.3, -0.25) is 0 Å². The Labute approximate surface area is 122 Å². The third kappa shape index (κ3) is 3.72. The number of piperidine rings is 1. The summed E-state index contributed by atoms with van der Waals surface area (Å²) in [5.41, 5.74) is 1.80. The molecule has 1 heterocycles. The molecule has 1 aromatic carbocycles. The molecule has 112 valence electrons. The van der Waals surface area contributed by atoms with E-state index in [1.807, 2.05) is 6.07 Å². The van der Waals surface area contributed by atoms with Crippen molar-refractivity contribution in [2.24, 2.45) is 5.92 Å². The predicted molar refractivity (Wildman–Crippen MR) is 83.7 cm³/mol. The van der Waals surface area contributed by atoms with Gasteiger partial charge in [-0.2, -0.15) is 0 Å². The first-order chi connectivity index (χ1) is 9.61. The second-order valence-electron chi connectivity index (χ2n) is 6.08. The normalized spacial score (nSPS) is 21.0. The lowest BCUT2D eigenvalue weighted by Gasteiger charge is -2.33. The lowest BCUT2D eigenvalue weighted by molar-refractivity contribution is 0.442. The molecule has 1 aliphatic rings. The molecule has 0 unspecified atom stereocenters.